The maximum atomic E-state index is 11.4. The number of carbonyl (C=O) groups excluding carboxylic acids is 1. The zero-order valence-corrected chi connectivity index (χ0v) is 8.19. The number of nitrogens with one attached hydrogen (secondary N) is 1. The normalized spacial score (nSPS) is 10.2. The van der Waals surface area contributed by atoms with Crippen LogP contribution in [0.5, 0.6) is 0 Å². The predicted molar refractivity (Wildman–Crippen MR) is 57.3 cm³/mol. The number of anilines is 1. The van der Waals surface area contributed by atoms with Gasteiger partial charge in [0.05, 0.1) is 11.1 Å². The van der Waals surface area contributed by atoms with E-state index < -0.39 is 0 Å². The van der Waals surface area contributed by atoms with Crippen LogP contribution < -0.4 is 11.1 Å². The summed E-state index contributed by atoms with van der Waals surface area (Å²) in [7, 11) is 1.55. The molecule has 0 saturated heterocycles. The number of rotatable bonds is 1. The number of pyridine rings is 2. The summed E-state index contributed by atoms with van der Waals surface area (Å²) >= 11 is 0. The molecule has 76 valence electrons. The molecule has 0 aliphatic rings. The molecule has 0 radical (unpaired) electrons. The molecule has 0 aliphatic carbocycles. The van der Waals surface area contributed by atoms with Crippen LogP contribution in [0.25, 0.3) is 10.9 Å². The molecule has 2 aromatic heterocycles. The minimum atomic E-state index is -0.245. The molecule has 0 aromatic carbocycles. The van der Waals surface area contributed by atoms with Crippen LogP contribution in [0.2, 0.25) is 0 Å². The molecule has 2 rings (SSSR count). The summed E-state index contributed by atoms with van der Waals surface area (Å²) in [5, 5.41) is 3.30. The lowest BCUT2D eigenvalue weighted by molar-refractivity contribution is 0.0964. The number of nitrogens with zero attached hydrogens (tertiary/aromatic N) is 2. The zero-order valence-electron chi connectivity index (χ0n) is 8.19. The van der Waals surface area contributed by atoms with Gasteiger partial charge in [0, 0.05) is 24.8 Å². The smallest absolute Gasteiger partial charge is 0.254 e. The Labute approximate surface area is 86.3 Å². The van der Waals surface area contributed by atoms with E-state index in [0.29, 0.717) is 5.56 Å². The lowest BCUT2D eigenvalue weighted by Gasteiger charge is -2.04. The molecule has 0 aliphatic heterocycles. The second-order valence-corrected chi connectivity index (χ2v) is 3.07. The van der Waals surface area contributed by atoms with E-state index >= 15 is 0 Å². The van der Waals surface area contributed by atoms with Gasteiger partial charge >= 0.3 is 0 Å². The highest BCUT2D eigenvalue weighted by molar-refractivity contribution is 6.01. The SMILES string of the molecule is CNC(=O)c1cc2cnccc2nc1N. The predicted octanol–water partition coefficient (Wildman–Crippen LogP) is 0.572. The number of hydrogen-bond donors (Lipinski definition) is 2. The molecule has 0 unspecified atom stereocenters. The first-order chi connectivity index (χ1) is 7.22. The number of aromatic nitrogens is 2. The average Bonchev–Trinajstić information content (AvgIpc) is 2.27. The zero-order chi connectivity index (χ0) is 10.8. The van der Waals surface area contributed by atoms with Crippen molar-refractivity contribution in [3.8, 4) is 0 Å². The fraction of sp³-hybridized carbons (Fsp3) is 0.100. The van der Waals surface area contributed by atoms with Crippen molar-refractivity contribution in [3.05, 3.63) is 30.1 Å². The van der Waals surface area contributed by atoms with E-state index in [-0.39, 0.29) is 11.7 Å². The Morgan fingerprint density at radius 2 is 2.33 bits per heavy atom. The number of hydrogen-bond acceptors (Lipinski definition) is 4. The minimum absolute atomic E-state index is 0.230. The van der Waals surface area contributed by atoms with E-state index in [9.17, 15) is 4.79 Å². The molecular weight excluding hydrogens is 192 g/mol. The van der Waals surface area contributed by atoms with Gasteiger partial charge < -0.3 is 11.1 Å². The highest BCUT2D eigenvalue weighted by atomic mass is 16.1. The first-order valence-corrected chi connectivity index (χ1v) is 4.44. The molecule has 5 nitrogen and oxygen atoms in total. The third-order valence-electron chi connectivity index (χ3n) is 2.12. The van der Waals surface area contributed by atoms with Crippen molar-refractivity contribution in [2.75, 3.05) is 12.8 Å². The number of carbonyl (C=O) groups is 1. The highest BCUT2D eigenvalue weighted by Gasteiger charge is 2.10. The van der Waals surface area contributed by atoms with Crippen molar-refractivity contribution in [2.45, 2.75) is 0 Å². The van der Waals surface area contributed by atoms with Crippen molar-refractivity contribution in [1.29, 1.82) is 0 Å². The van der Waals surface area contributed by atoms with Crippen molar-refractivity contribution in [3.63, 3.8) is 0 Å². The van der Waals surface area contributed by atoms with Crippen LogP contribution >= 0.6 is 0 Å². The Morgan fingerprint density at radius 1 is 1.53 bits per heavy atom. The summed E-state index contributed by atoms with van der Waals surface area (Å²) in [6.45, 7) is 0. The lowest BCUT2D eigenvalue weighted by Crippen LogP contribution is -2.19. The van der Waals surface area contributed by atoms with Crippen LogP contribution in [-0.4, -0.2) is 22.9 Å². The lowest BCUT2D eigenvalue weighted by atomic mass is 10.2. The summed E-state index contributed by atoms with van der Waals surface area (Å²) < 4.78 is 0. The first-order valence-electron chi connectivity index (χ1n) is 4.44. The van der Waals surface area contributed by atoms with Crippen LogP contribution in [0, 0.1) is 0 Å². The van der Waals surface area contributed by atoms with E-state index in [1.165, 1.54) is 0 Å². The molecule has 0 saturated carbocycles. The van der Waals surface area contributed by atoms with Gasteiger partial charge in [0.15, 0.2) is 0 Å². The second kappa shape index (κ2) is 3.53. The van der Waals surface area contributed by atoms with E-state index in [4.69, 9.17) is 5.73 Å². The van der Waals surface area contributed by atoms with Crippen LogP contribution in [0.4, 0.5) is 5.82 Å². The maximum absolute atomic E-state index is 11.4. The second-order valence-electron chi connectivity index (χ2n) is 3.07. The molecule has 2 aromatic rings. The number of nitrogens with two attached hydrogens (primary N) is 1. The van der Waals surface area contributed by atoms with E-state index in [0.717, 1.165) is 10.9 Å². The van der Waals surface area contributed by atoms with Gasteiger partial charge in [0.2, 0.25) is 0 Å². The minimum Gasteiger partial charge on any atom is -0.383 e. The summed E-state index contributed by atoms with van der Waals surface area (Å²) in [6.07, 6.45) is 3.28. The van der Waals surface area contributed by atoms with Crippen molar-refractivity contribution >= 4 is 22.6 Å². The third kappa shape index (κ3) is 1.59. The molecule has 0 spiro atoms. The fourth-order valence-electron chi connectivity index (χ4n) is 1.35. The highest BCUT2D eigenvalue weighted by Crippen LogP contribution is 2.16. The van der Waals surface area contributed by atoms with Crippen molar-refractivity contribution < 1.29 is 4.79 Å². The van der Waals surface area contributed by atoms with Gasteiger partial charge in [0.25, 0.3) is 5.91 Å². The largest absolute Gasteiger partial charge is 0.383 e. The first kappa shape index (κ1) is 9.39. The van der Waals surface area contributed by atoms with Crippen molar-refractivity contribution in [2.24, 2.45) is 0 Å². The summed E-state index contributed by atoms with van der Waals surface area (Å²) in [4.78, 5) is 19.5. The number of nitrogen functional groups attached to an aromatic ring is 1. The molecule has 1 amide bonds. The Bertz CT molecular complexity index is 524. The van der Waals surface area contributed by atoms with E-state index in [1.54, 1.807) is 31.6 Å². The standard InChI is InChI=1S/C10H10N4O/c1-12-10(15)7-4-6-5-13-3-2-8(6)14-9(7)11/h2-5H,1H3,(H2,11,14)(H,12,15). The molecule has 0 bridgehead atoms. The number of amides is 1. The Hall–Kier alpha value is -2.17. The Kier molecular flexibility index (Phi) is 2.21. The van der Waals surface area contributed by atoms with Gasteiger partial charge in [-0.05, 0) is 12.1 Å². The average molecular weight is 202 g/mol. The monoisotopic (exact) mass is 202 g/mol. The maximum Gasteiger partial charge on any atom is 0.254 e. The summed E-state index contributed by atoms with van der Waals surface area (Å²) in [6, 6.07) is 3.43. The summed E-state index contributed by atoms with van der Waals surface area (Å²) in [5.41, 5.74) is 6.78. The Morgan fingerprint density at radius 3 is 3.07 bits per heavy atom. The van der Waals surface area contributed by atoms with Gasteiger partial charge in [-0.2, -0.15) is 0 Å². The van der Waals surface area contributed by atoms with Gasteiger partial charge in [-0.3, -0.25) is 9.78 Å². The topological polar surface area (TPSA) is 80.9 Å². The Balaban J connectivity index is 2.67. The van der Waals surface area contributed by atoms with Crippen LogP contribution in [0.15, 0.2) is 24.5 Å². The fourth-order valence-corrected chi connectivity index (χ4v) is 1.35. The van der Waals surface area contributed by atoms with Crippen molar-refractivity contribution in [1.82, 2.24) is 15.3 Å². The molecule has 5 heteroatoms. The molecular formula is C10H10N4O. The van der Waals surface area contributed by atoms with Gasteiger partial charge in [-0.1, -0.05) is 0 Å². The quantitative estimate of drug-likeness (QED) is 0.708. The third-order valence-corrected chi connectivity index (χ3v) is 2.12. The van der Waals surface area contributed by atoms with Gasteiger partial charge in [-0.15, -0.1) is 0 Å². The van der Waals surface area contributed by atoms with Gasteiger partial charge in [-0.25, -0.2) is 4.98 Å². The molecule has 0 fully saturated rings. The number of fused-ring (bicyclic) bond motifs is 1. The molecule has 0 atom stereocenters. The van der Waals surface area contributed by atoms with Gasteiger partial charge in [0.1, 0.15) is 5.82 Å². The summed E-state index contributed by atoms with van der Waals surface area (Å²) in [5.74, 6) is -0.0150. The van der Waals surface area contributed by atoms with Crippen LogP contribution in [0.3, 0.4) is 0 Å². The molecule has 15 heavy (non-hydrogen) atoms. The van der Waals surface area contributed by atoms with Crippen LogP contribution in [-0.2, 0) is 0 Å². The molecule has 3 N–H and O–H groups in total. The van der Waals surface area contributed by atoms with E-state index in [2.05, 4.69) is 15.3 Å². The molecule has 2 heterocycles. The van der Waals surface area contributed by atoms with Crippen LogP contribution in [0.1, 0.15) is 10.4 Å². The van der Waals surface area contributed by atoms with E-state index in [1.807, 2.05) is 0 Å².